The van der Waals surface area contributed by atoms with Crippen molar-refractivity contribution in [3.8, 4) is 11.1 Å². The Bertz CT molecular complexity index is 1340. The topological polar surface area (TPSA) is 66.8 Å². The van der Waals surface area contributed by atoms with Crippen LogP contribution in [0.15, 0.2) is 77.0 Å². The predicted molar refractivity (Wildman–Crippen MR) is 149 cm³/mol. The highest BCUT2D eigenvalue weighted by Gasteiger charge is 2.28. The number of allylic oxidation sites excluding steroid dienone is 5. The monoisotopic (exact) mass is 514 g/mol. The molecule has 0 spiro atoms. The van der Waals surface area contributed by atoms with Gasteiger partial charge in [-0.1, -0.05) is 43.7 Å². The van der Waals surface area contributed by atoms with E-state index in [1.165, 1.54) is 6.08 Å². The number of carbonyl (C=O) groups excluding carboxylic acids is 1. The lowest BCUT2D eigenvalue weighted by molar-refractivity contribution is -0.114. The van der Waals surface area contributed by atoms with E-state index >= 15 is 0 Å². The molecule has 1 aliphatic carbocycles. The fraction of sp³-hybridized carbons (Fsp3) is 0.387. The molecular formula is C31H35FN4O2. The van der Waals surface area contributed by atoms with Crippen LogP contribution in [0.25, 0.3) is 11.1 Å². The molecule has 0 bridgehead atoms. The number of fused-ring (bicyclic) bond motifs is 1. The second-order valence-corrected chi connectivity index (χ2v) is 10.5. The molecule has 3 aliphatic rings. The van der Waals surface area contributed by atoms with E-state index < -0.39 is 11.7 Å². The van der Waals surface area contributed by atoms with Crippen LogP contribution in [-0.4, -0.2) is 54.4 Å². The molecule has 1 N–H and O–H groups in total. The van der Waals surface area contributed by atoms with E-state index in [1.807, 2.05) is 25.4 Å². The molecule has 38 heavy (non-hydrogen) atoms. The molecular weight excluding hydrogens is 479 g/mol. The highest BCUT2D eigenvalue weighted by molar-refractivity contribution is 6.46. The van der Waals surface area contributed by atoms with Crippen LogP contribution in [0.5, 0.6) is 0 Å². The largest absolute Gasteiger partial charge is 0.379 e. The summed E-state index contributed by atoms with van der Waals surface area (Å²) < 4.78 is 20.1. The molecule has 2 aromatic rings. The number of halogens is 1. The predicted octanol–water partition coefficient (Wildman–Crippen LogP) is 5.33. The second kappa shape index (κ2) is 11.5. The SMILES string of the molecule is CC1=CC=C(F)C(NC(=O)C2=NCC(C)C(C)c3ccc(-c4cncc(CN5CCOCC5)c4)cc32)=CC1. The smallest absolute Gasteiger partial charge is 0.274 e. The van der Waals surface area contributed by atoms with Crippen LogP contribution in [0.1, 0.15) is 49.8 Å². The first-order chi connectivity index (χ1) is 18.4. The molecule has 1 amide bonds. The van der Waals surface area contributed by atoms with Crippen LogP contribution in [-0.2, 0) is 16.1 Å². The number of nitrogens with zero attached hydrogens (tertiary/aromatic N) is 3. The molecule has 1 aromatic carbocycles. The number of ether oxygens (including phenoxy) is 1. The molecule has 1 aromatic heterocycles. The van der Waals surface area contributed by atoms with Crippen molar-refractivity contribution in [1.82, 2.24) is 15.2 Å². The molecule has 1 fully saturated rings. The minimum atomic E-state index is -0.455. The van der Waals surface area contributed by atoms with Crippen LogP contribution in [0.4, 0.5) is 4.39 Å². The summed E-state index contributed by atoms with van der Waals surface area (Å²) in [6.07, 6.45) is 9.20. The Hall–Kier alpha value is -3.42. The number of aliphatic imine (C=N–C) groups is 1. The van der Waals surface area contributed by atoms with Gasteiger partial charge in [0, 0.05) is 49.7 Å². The average molecular weight is 515 g/mol. The summed E-state index contributed by atoms with van der Waals surface area (Å²) in [7, 11) is 0. The quantitative estimate of drug-likeness (QED) is 0.586. The first-order valence-electron chi connectivity index (χ1n) is 13.4. The van der Waals surface area contributed by atoms with Gasteiger partial charge in [-0.25, -0.2) is 4.39 Å². The normalized spacial score (nSPS) is 22.2. The van der Waals surface area contributed by atoms with Crippen LogP contribution < -0.4 is 5.32 Å². The second-order valence-electron chi connectivity index (χ2n) is 10.5. The zero-order chi connectivity index (χ0) is 26.6. The summed E-state index contributed by atoms with van der Waals surface area (Å²) in [5, 5.41) is 2.80. The van der Waals surface area contributed by atoms with E-state index in [-0.39, 0.29) is 17.5 Å². The first kappa shape index (κ1) is 26.2. The zero-order valence-electron chi connectivity index (χ0n) is 22.3. The summed E-state index contributed by atoms with van der Waals surface area (Å²) in [4.78, 5) is 25.2. The van der Waals surface area contributed by atoms with Crippen molar-refractivity contribution in [2.24, 2.45) is 10.9 Å². The van der Waals surface area contributed by atoms with Gasteiger partial charge in [0.05, 0.1) is 18.9 Å². The Morgan fingerprint density at radius 2 is 1.95 bits per heavy atom. The molecule has 7 heteroatoms. The molecule has 0 radical (unpaired) electrons. The van der Waals surface area contributed by atoms with E-state index in [2.05, 4.69) is 47.2 Å². The van der Waals surface area contributed by atoms with E-state index in [0.29, 0.717) is 18.7 Å². The van der Waals surface area contributed by atoms with E-state index in [9.17, 15) is 9.18 Å². The van der Waals surface area contributed by atoms with Crippen LogP contribution in [0, 0.1) is 5.92 Å². The number of nitrogens with one attached hydrogen (secondary N) is 1. The Morgan fingerprint density at radius 3 is 2.76 bits per heavy atom. The lowest BCUT2D eigenvalue weighted by Crippen LogP contribution is -2.35. The molecule has 0 saturated carbocycles. The van der Waals surface area contributed by atoms with Crippen LogP contribution in [0.3, 0.4) is 0 Å². The van der Waals surface area contributed by atoms with Gasteiger partial charge >= 0.3 is 0 Å². The van der Waals surface area contributed by atoms with Crippen molar-refractivity contribution in [2.75, 3.05) is 32.8 Å². The Labute approximate surface area is 224 Å². The molecule has 2 atom stereocenters. The third kappa shape index (κ3) is 5.84. The van der Waals surface area contributed by atoms with Gasteiger partial charge in [-0.2, -0.15) is 0 Å². The molecule has 1 saturated heterocycles. The Morgan fingerprint density at radius 1 is 1.13 bits per heavy atom. The minimum absolute atomic E-state index is 0.189. The van der Waals surface area contributed by atoms with Crippen molar-refractivity contribution < 1.29 is 13.9 Å². The highest BCUT2D eigenvalue weighted by Crippen LogP contribution is 2.34. The van der Waals surface area contributed by atoms with Gasteiger partial charge in [0.1, 0.15) is 11.5 Å². The van der Waals surface area contributed by atoms with Crippen LogP contribution >= 0.6 is 0 Å². The van der Waals surface area contributed by atoms with Crippen molar-refractivity contribution in [3.63, 3.8) is 0 Å². The van der Waals surface area contributed by atoms with Gasteiger partial charge < -0.3 is 10.1 Å². The third-order valence-electron chi connectivity index (χ3n) is 7.69. The number of benzene rings is 1. The number of morpholine rings is 1. The molecule has 198 valence electrons. The number of hydrogen-bond donors (Lipinski definition) is 1. The molecule has 5 rings (SSSR count). The number of carbonyl (C=O) groups is 1. The van der Waals surface area contributed by atoms with Gasteiger partial charge in [0.15, 0.2) is 0 Å². The average Bonchev–Trinajstić information content (AvgIpc) is 3.16. The number of amides is 1. The number of hydrogen-bond acceptors (Lipinski definition) is 5. The van der Waals surface area contributed by atoms with E-state index in [1.54, 1.807) is 12.2 Å². The van der Waals surface area contributed by atoms with Gasteiger partial charge in [0.2, 0.25) is 0 Å². The van der Waals surface area contributed by atoms with Gasteiger partial charge in [-0.05, 0) is 60.1 Å². The zero-order valence-corrected chi connectivity index (χ0v) is 22.3. The van der Waals surface area contributed by atoms with Crippen molar-refractivity contribution >= 4 is 11.6 Å². The molecule has 6 nitrogen and oxygen atoms in total. The lowest BCUT2D eigenvalue weighted by atomic mass is 9.85. The summed E-state index contributed by atoms with van der Waals surface area (Å²) >= 11 is 0. The van der Waals surface area contributed by atoms with Crippen molar-refractivity contribution in [1.29, 1.82) is 0 Å². The standard InChI is InChI=1S/C31H35FN4O2/c1-20-4-8-28(32)29(9-5-20)35-31(37)30-27-15-24(6-7-26(27)22(3)21(2)16-34-30)25-14-23(17-33-18-25)19-36-10-12-38-13-11-36/h4,6-9,14-15,17-18,21-22H,5,10-13,16,19H2,1-3H3,(H,35,37). The maximum atomic E-state index is 14.7. The number of pyridine rings is 1. The summed E-state index contributed by atoms with van der Waals surface area (Å²) in [6.45, 7) is 10.9. The lowest BCUT2D eigenvalue weighted by Gasteiger charge is -2.26. The van der Waals surface area contributed by atoms with Gasteiger partial charge in [0.25, 0.3) is 5.91 Å². The molecule has 3 heterocycles. The van der Waals surface area contributed by atoms with Crippen LogP contribution in [0.2, 0.25) is 0 Å². The van der Waals surface area contributed by atoms with Gasteiger partial charge in [-0.3, -0.25) is 19.7 Å². The fourth-order valence-electron chi connectivity index (χ4n) is 5.09. The van der Waals surface area contributed by atoms with Crippen molar-refractivity contribution in [2.45, 2.75) is 39.7 Å². The Kier molecular flexibility index (Phi) is 7.95. The first-order valence-corrected chi connectivity index (χ1v) is 13.4. The van der Waals surface area contributed by atoms with E-state index in [0.717, 1.165) is 66.2 Å². The molecule has 2 unspecified atom stereocenters. The minimum Gasteiger partial charge on any atom is -0.379 e. The van der Waals surface area contributed by atoms with Crippen molar-refractivity contribution in [3.05, 3.63) is 88.7 Å². The number of aromatic nitrogens is 1. The number of rotatable bonds is 5. The van der Waals surface area contributed by atoms with E-state index in [4.69, 9.17) is 9.73 Å². The Balaban J connectivity index is 1.46. The third-order valence-corrected chi connectivity index (χ3v) is 7.69. The maximum Gasteiger partial charge on any atom is 0.274 e. The summed E-state index contributed by atoms with van der Waals surface area (Å²) in [5.41, 5.74) is 6.54. The molecule has 2 aliphatic heterocycles. The highest BCUT2D eigenvalue weighted by atomic mass is 19.1. The summed E-state index contributed by atoms with van der Waals surface area (Å²) in [5.74, 6) is -0.356. The fourth-order valence-corrected chi connectivity index (χ4v) is 5.09. The summed E-state index contributed by atoms with van der Waals surface area (Å²) in [6, 6.07) is 8.41. The van der Waals surface area contributed by atoms with Gasteiger partial charge in [-0.15, -0.1) is 0 Å². The maximum absolute atomic E-state index is 14.7.